The Morgan fingerprint density at radius 3 is 2.64 bits per heavy atom. The number of aryl methyl sites for hydroxylation is 1. The second kappa shape index (κ2) is 6.93. The van der Waals surface area contributed by atoms with Gasteiger partial charge in [-0.1, -0.05) is 29.8 Å². The third kappa shape index (κ3) is 3.51. The summed E-state index contributed by atoms with van der Waals surface area (Å²) in [6, 6.07) is 10.8. The molecule has 0 saturated carbocycles. The zero-order valence-corrected chi connectivity index (χ0v) is 15.7. The molecule has 0 bridgehead atoms. The molecule has 0 aliphatic carbocycles. The third-order valence-electron chi connectivity index (χ3n) is 5.87. The van der Waals surface area contributed by atoms with E-state index in [1.807, 2.05) is 0 Å². The normalized spacial score (nSPS) is 20.5. The lowest BCUT2D eigenvalue weighted by atomic mass is 9.84. The van der Waals surface area contributed by atoms with Gasteiger partial charge >= 0.3 is 0 Å². The molecule has 4 heteroatoms. The molecule has 0 atom stereocenters. The van der Waals surface area contributed by atoms with Gasteiger partial charge in [0.2, 0.25) is 5.91 Å². The molecule has 1 aromatic heterocycles. The van der Waals surface area contributed by atoms with Gasteiger partial charge in [0, 0.05) is 38.1 Å². The monoisotopic (exact) mass is 354 g/mol. The van der Waals surface area contributed by atoms with Gasteiger partial charge in [-0.15, -0.1) is 0 Å². The first-order valence-corrected chi connectivity index (χ1v) is 10.2. The first-order valence-electron chi connectivity index (χ1n) is 9.24. The van der Waals surface area contributed by atoms with Crippen LogP contribution in [0.4, 0.5) is 0 Å². The van der Waals surface area contributed by atoms with Gasteiger partial charge in [0.25, 0.3) is 0 Å². The Labute approximate surface area is 154 Å². The van der Waals surface area contributed by atoms with Crippen LogP contribution in [0.15, 0.2) is 41.1 Å². The molecule has 132 valence electrons. The van der Waals surface area contributed by atoms with Gasteiger partial charge in [-0.3, -0.25) is 9.69 Å². The van der Waals surface area contributed by atoms with E-state index in [0.717, 1.165) is 51.9 Å². The molecule has 2 aliphatic heterocycles. The fraction of sp³-hybridized carbons (Fsp3) is 0.476. The summed E-state index contributed by atoms with van der Waals surface area (Å²) < 4.78 is 0. The van der Waals surface area contributed by atoms with Crippen LogP contribution in [0.25, 0.3) is 0 Å². The Kier molecular flexibility index (Phi) is 4.65. The Bertz CT molecular complexity index is 732. The minimum absolute atomic E-state index is 0.0893. The average Bonchev–Trinajstić information content (AvgIpc) is 3.21. The Hall–Kier alpha value is -1.65. The van der Waals surface area contributed by atoms with Gasteiger partial charge in [-0.05, 0) is 54.1 Å². The van der Waals surface area contributed by atoms with Crippen LogP contribution in [0.3, 0.4) is 0 Å². The molecule has 2 saturated heterocycles. The van der Waals surface area contributed by atoms with Gasteiger partial charge < -0.3 is 4.90 Å². The zero-order chi connectivity index (χ0) is 17.3. The molecule has 2 aromatic rings. The number of rotatable bonds is 4. The van der Waals surface area contributed by atoms with Crippen molar-refractivity contribution in [3.63, 3.8) is 0 Å². The summed E-state index contributed by atoms with van der Waals surface area (Å²) in [6.45, 7) is 6.12. The molecule has 1 spiro atoms. The average molecular weight is 355 g/mol. The van der Waals surface area contributed by atoms with E-state index in [1.165, 1.54) is 16.7 Å². The Morgan fingerprint density at radius 1 is 1.08 bits per heavy atom. The van der Waals surface area contributed by atoms with Gasteiger partial charge in [-0.2, -0.15) is 11.3 Å². The highest BCUT2D eigenvalue weighted by atomic mass is 32.1. The fourth-order valence-corrected chi connectivity index (χ4v) is 5.07. The number of piperidine rings is 1. The van der Waals surface area contributed by atoms with Crippen molar-refractivity contribution >= 4 is 17.2 Å². The molecule has 25 heavy (non-hydrogen) atoms. The summed E-state index contributed by atoms with van der Waals surface area (Å²) in [7, 11) is 0. The quantitative estimate of drug-likeness (QED) is 0.821. The van der Waals surface area contributed by atoms with E-state index < -0.39 is 0 Å². The summed E-state index contributed by atoms with van der Waals surface area (Å²) in [4.78, 5) is 17.3. The molecule has 3 heterocycles. The molecular weight excluding hydrogens is 328 g/mol. The van der Waals surface area contributed by atoms with Gasteiger partial charge in [0.05, 0.1) is 0 Å². The molecule has 0 radical (unpaired) electrons. The summed E-state index contributed by atoms with van der Waals surface area (Å²) in [5.41, 5.74) is 4.03. The molecule has 1 aromatic carbocycles. The lowest BCUT2D eigenvalue weighted by molar-refractivity contribution is -0.133. The van der Waals surface area contributed by atoms with Crippen molar-refractivity contribution < 1.29 is 4.79 Å². The van der Waals surface area contributed by atoms with Gasteiger partial charge in [0.15, 0.2) is 0 Å². The number of amides is 1. The highest BCUT2D eigenvalue weighted by Gasteiger charge is 2.46. The lowest BCUT2D eigenvalue weighted by Crippen LogP contribution is -2.52. The van der Waals surface area contributed by atoms with E-state index in [0.29, 0.717) is 5.91 Å². The van der Waals surface area contributed by atoms with E-state index in [-0.39, 0.29) is 5.54 Å². The summed E-state index contributed by atoms with van der Waals surface area (Å²) in [5, 5.41) is 4.40. The van der Waals surface area contributed by atoms with Crippen molar-refractivity contribution in [3.05, 3.63) is 57.8 Å². The van der Waals surface area contributed by atoms with E-state index in [9.17, 15) is 4.79 Å². The highest BCUT2D eigenvalue weighted by Crippen LogP contribution is 2.40. The van der Waals surface area contributed by atoms with E-state index in [2.05, 4.69) is 57.8 Å². The van der Waals surface area contributed by atoms with Crippen molar-refractivity contribution in [3.8, 4) is 0 Å². The van der Waals surface area contributed by atoms with Crippen molar-refractivity contribution in [2.45, 2.75) is 51.2 Å². The standard InChI is InChI=1S/C21H26N2OS/c1-17-3-2-4-18(13-17)15-23-20(24)5-7-21(23)8-10-22(11-9-21)14-19-6-12-25-16-19/h2-4,6,12-13,16H,5,7-11,14-15H2,1H3. The van der Waals surface area contributed by atoms with Crippen molar-refractivity contribution in [2.24, 2.45) is 0 Å². The number of nitrogens with zero attached hydrogens (tertiary/aromatic N) is 2. The molecular formula is C21H26N2OS. The van der Waals surface area contributed by atoms with Crippen LogP contribution in [-0.2, 0) is 17.9 Å². The van der Waals surface area contributed by atoms with Gasteiger partial charge in [-0.25, -0.2) is 0 Å². The van der Waals surface area contributed by atoms with Crippen LogP contribution in [0.5, 0.6) is 0 Å². The summed E-state index contributed by atoms with van der Waals surface area (Å²) >= 11 is 1.77. The van der Waals surface area contributed by atoms with E-state index in [1.54, 1.807) is 11.3 Å². The maximum Gasteiger partial charge on any atom is 0.223 e. The van der Waals surface area contributed by atoms with Crippen LogP contribution in [-0.4, -0.2) is 34.3 Å². The Morgan fingerprint density at radius 2 is 1.92 bits per heavy atom. The van der Waals surface area contributed by atoms with E-state index >= 15 is 0 Å². The molecule has 3 nitrogen and oxygen atoms in total. The molecule has 1 amide bonds. The topological polar surface area (TPSA) is 23.6 Å². The maximum absolute atomic E-state index is 12.6. The lowest BCUT2D eigenvalue weighted by Gasteiger charge is -2.45. The minimum Gasteiger partial charge on any atom is -0.333 e. The van der Waals surface area contributed by atoms with Crippen LogP contribution in [0, 0.1) is 6.92 Å². The highest BCUT2D eigenvalue weighted by molar-refractivity contribution is 7.07. The SMILES string of the molecule is Cc1cccc(CN2C(=O)CCC23CCN(Cc2ccsc2)CC3)c1. The maximum atomic E-state index is 12.6. The number of hydrogen-bond donors (Lipinski definition) is 0. The van der Waals surface area contributed by atoms with Gasteiger partial charge in [0.1, 0.15) is 0 Å². The van der Waals surface area contributed by atoms with Crippen molar-refractivity contribution in [1.82, 2.24) is 9.80 Å². The Balaban J connectivity index is 1.44. The fourth-order valence-electron chi connectivity index (χ4n) is 4.41. The third-order valence-corrected chi connectivity index (χ3v) is 6.61. The van der Waals surface area contributed by atoms with Crippen molar-refractivity contribution in [1.29, 1.82) is 0 Å². The minimum atomic E-state index is 0.0893. The number of hydrogen-bond acceptors (Lipinski definition) is 3. The van der Waals surface area contributed by atoms with Crippen LogP contribution in [0.1, 0.15) is 42.4 Å². The molecule has 4 rings (SSSR count). The molecule has 2 fully saturated rings. The first-order chi connectivity index (χ1) is 12.1. The largest absolute Gasteiger partial charge is 0.333 e. The number of carbonyl (C=O) groups excluding carboxylic acids is 1. The van der Waals surface area contributed by atoms with Crippen LogP contribution >= 0.6 is 11.3 Å². The van der Waals surface area contributed by atoms with Crippen LogP contribution in [0.2, 0.25) is 0 Å². The number of carbonyl (C=O) groups is 1. The number of likely N-dealkylation sites (tertiary alicyclic amines) is 2. The second-order valence-electron chi connectivity index (χ2n) is 7.60. The van der Waals surface area contributed by atoms with E-state index in [4.69, 9.17) is 0 Å². The number of benzene rings is 1. The van der Waals surface area contributed by atoms with Crippen LogP contribution < -0.4 is 0 Å². The predicted octanol–water partition coefficient (Wildman–Crippen LogP) is 4.21. The smallest absolute Gasteiger partial charge is 0.223 e. The second-order valence-corrected chi connectivity index (χ2v) is 8.38. The zero-order valence-electron chi connectivity index (χ0n) is 14.9. The first kappa shape index (κ1) is 16.8. The van der Waals surface area contributed by atoms with Crippen molar-refractivity contribution in [2.75, 3.05) is 13.1 Å². The predicted molar refractivity (Wildman–Crippen MR) is 103 cm³/mol. The molecule has 2 aliphatic rings. The molecule has 0 unspecified atom stereocenters. The molecule has 0 N–H and O–H groups in total. The summed E-state index contributed by atoms with van der Waals surface area (Å²) in [6.07, 6.45) is 3.96. The summed E-state index contributed by atoms with van der Waals surface area (Å²) in [5.74, 6) is 0.341. The number of thiophene rings is 1.